The summed E-state index contributed by atoms with van der Waals surface area (Å²) in [6.07, 6.45) is 2.90. The van der Waals surface area contributed by atoms with Crippen molar-refractivity contribution in [3.05, 3.63) is 33.4 Å². The number of carbonyl (C=O) groups excluding carboxylic acids is 2. The normalized spacial score (nSPS) is 26.6. The van der Waals surface area contributed by atoms with E-state index in [9.17, 15) is 9.59 Å². The van der Waals surface area contributed by atoms with E-state index in [4.69, 9.17) is 14.2 Å². The van der Waals surface area contributed by atoms with Gasteiger partial charge in [-0.25, -0.2) is 9.59 Å². The van der Waals surface area contributed by atoms with Crippen LogP contribution in [0, 0.1) is 5.92 Å². The Morgan fingerprint density at radius 2 is 2.00 bits per heavy atom. The van der Waals surface area contributed by atoms with Crippen LogP contribution in [0.2, 0.25) is 0 Å². The van der Waals surface area contributed by atoms with E-state index in [0.717, 1.165) is 19.3 Å². The van der Waals surface area contributed by atoms with E-state index in [2.05, 4.69) is 33.5 Å². The number of ether oxygens (including phenoxy) is 3. The minimum atomic E-state index is -0.646. The van der Waals surface area contributed by atoms with Gasteiger partial charge in [-0.05, 0) is 49.8 Å². The highest BCUT2D eigenvalue weighted by Crippen LogP contribution is 2.42. The summed E-state index contributed by atoms with van der Waals surface area (Å²) in [5, 5.41) is 5.50. The van der Waals surface area contributed by atoms with Gasteiger partial charge in [-0.3, -0.25) is 0 Å². The van der Waals surface area contributed by atoms with Crippen molar-refractivity contribution in [1.82, 2.24) is 10.6 Å². The Bertz CT molecular complexity index is 838. The molecule has 1 aliphatic carbocycles. The van der Waals surface area contributed by atoms with Crippen molar-refractivity contribution in [2.45, 2.75) is 45.3 Å². The predicted molar refractivity (Wildman–Crippen MR) is 100 cm³/mol. The number of halogens is 1. The monoisotopic (exact) mass is 436 g/mol. The van der Waals surface area contributed by atoms with Gasteiger partial charge in [-0.2, -0.15) is 0 Å². The summed E-state index contributed by atoms with van der Waals surface area (Å²) in [6.45, 7) is 3.95. The largest absolute Gasteiger partial charge is 0.459 e. The molecule has 2 amide bonds. The van der Waals surface area contributed by atoms with Gasteiger partial charge in [0.05, 0.1) is 11.6 Å². The van der Waals surface area contributed by atoms with Gasteiger partial charge in [0.25, 0.3) is 0 Å². The molecule has 0 bridgehead atoms. The van der Waals surface area contributed by atoms with Crippen LogP contribution in [0.1, 0.15) is 44.7 Å². The fourth-order valence-electron chi connectivity index (χ4n) is 3.84. The van der Waals surface area contributed by atoms with Crippen molar-refractivity contribution in [3.63, 3.8) is 0 Å². The second-order valence-electron chi connectivity index (χ2n) is 7.15. The van der Waals surface area contributed by atoms with Crippen molar-refractivity contribution in [2.24, 2.45) is 5.92 Å². The van der Waals surface area contributed by atoms with E-state index in [1.165, 1.54) is 0 Å². The molecule has 3 atom stereocenters. The standard InChI is InChI=1S/C19H21BrN2O5/c1-9-4-3-5-13(9)27-18(23)16-10(2)21-19(24)22-17(16)11-6-14-15(7-12(11)20)26-8-25-14/h6-7,9,13,17H,3-5,8H2,1-2H3,(H2,21,22,24)/t9-,13+,17+/m0/s1. The second kappa shape index (κ2) is 7.07. The number of hydrogen-bond acceptors (Lipinski definition) is 5. The van der Waals surface area contributed by atoms with Gasteiger partial charge in [0.15, 0.2) is 11.5 Å². The maximum Gasteiger partial charge on any atom is 0.338 e. The Morgan fingerprint density at radius 3 is 2.70 bits per heavy atom. The fraction of sp³-hybridized carbons (Fsp3) is 0.474. The highest BCUT2D eigenvalue weighted by molar-refractivity contribution is 9.10. The molecule has 7 nitrogen and oxygen atoms in total. The number of esters is 1. The topological polar surface area (TPSA) is 85.9 Å². The number of hydrogen-bond donors (Lipinski definition) is 2. The van der Waals surface area contributed by atoms with Crippen molar-refractivity contribution in [3.8, 4) is 11.5 Å². The third-order valence-electron chi connectivity index (χ3n) is 5.33. The average molecular weight is 437 g/mol. The van der Waals surface area contributed by atoms with Crippen LogP contribution in [0.15, 0.2) is 27.9 Å². The molecular weight excluding hydrogens is 416 g/mol. The van der Waals surface area contributed by atoms with Gasteiger partial charge >= 0.3 is 12.0 Å². The first-order chi connectivity index (χ1) is 12.9. The van der Waals surface area contributed by atoms with Crippen LogP contribution in [0.25, 0.3) is 0 Å². The molecule has 3 aliphatic rings. The lowest BCUT2D eigenvalue weighted by molar-refractivity contribution is -0.146. The molecule has 1 aromatic rings. The number of amides is 2. The lowest BCUT2D eigenvalue weighted by Crippen LogP contribution is -2.45. The summed E-state index contributed by atoms with van der Waals surface area (Å²) in [5.41, 5.74) is 1.59. The summed E-state index contributed by atoms with van der Waals surface area (Å²) in [4.78, 5) is 25.1. The van der Waals surface area contributed by atoms with E-state index in [0.29, 0.717) is 38.7 Å². The number of allylic oxidation sites excluding steroid dienone is 1. The van der Waals surface area contributed by atoms with E-state index >= 15 is 0 Å². The van der Waals surface area contributed by atoms with Crippen LogP contribution in [0.5, 0.6) is 11.5 Å². The number of carbonyl (C=O) groups is 2. The molecule has 1 saturated carbocycles. The molecule has 8 heteroatoms. The SMILES string of the molecule is CC1=C(C(=O)O[C@@H]2CCC[C@@H]2C)[C@@H](c2cc3c(cc2Br)OCO3)NC(=O)N1. The zero-order valence-corrected chi connectivity index (χ0v) is 16.7. The Kier molecular flexibility index (Phi) is 4.75. The Morgan fingerprint density at radius 1 is 1.26 bits per heavy atom. The smallest absolute Gasteiger partial charge is 0.338 e. The van der Waals surface area contributed by atoms with Gasteiger partial charge < -0.3 is 24.8 Å². The lowest BCUT2D eigenvalue weighted by Gasteiger charge is -2.30. The maximum atomic E-state index is 13.0. The first-order valence-corrected chi connectivity index (χ1v) is 9.81. The minimum absolute atomic E-state index is 0.0868. The van der Waals surface area contributed by atoms with Gasteiger partial charge in [0.1, 0.15) is 6.10 Å². The van der Waals surface area contributed by atoms with Gasteiger partial charge in [-0.15, -0.1) is 0 Å². The van der Waals surface area contributed by atoms with Crippen LogP contribution in [-0.4, -0.2) is 24.9 Å². The number of fused-ring (bicyclic) bond motifs is 1. The van der Waals surface area contributed by atoms with Crippen LogP contribution in [-0.2, 0) is 9.53 Å². The van der Waals surface area contributed by atoms with Crippen LogP contribution >= 0.6 is 15.9 Å². The zero-order chi connectivity index (χ0) is 19.1. The molecule has 2 aliphatic heterocycles. The number of nitrogens with one attached hydrogen (secondary N) is 2. The summed E-state index contributed by atoms with van der Waals surface area (Å²) in [7, 11) is 0. The highest BCUT2D eigenvalue weighted by atomic mass is 79.9. The molecule has 0 spiro atoms. The number of urea groups is 1. The van der Waals surface area contributed by atoms with Gasteiger partial charge in [0.2, 0.25) is 6.79 Å². The van der Waals surface area contributed by atoms with Crippen molar-refractivity contribution in [1.29, 1.82) is 0 Å². The first kappa shape index (κ1) is 18.2. The zero-order valence-electron chi connectivity index (χ0n) is 15.1. The van der Waals surface area contributed by atoms with Crippen LogP contribution in [0.4, 0.5) is 4.79 Å². The molecule has 2 N–H and O–H groups in total. The third-order valence-corrected chi connectivity index (χ3v) is 6.02. The van der Waals surface area contributed by atoms with E-state index in [-0.39, 0.29) is 18.9 Å². The van der Waals surface area contributed by atoms with E-state index < -0.39 is 12.0 Å². The quantitative estimate of drug-likeness (QED) is 0.707. The molecule has 0 saturated heterocycles. The average Bonchev–Trinajstić information content (AvgIpc) is 3.22. The number of rotatable bonds is 3. The summed E-state index contributed by atoms with van der Waals surface area (Å²) in [5.74, 6) is 1.14. The number of benzene rings is 1. The molecular formula is C19H21BrN2O5. The van der Waals surface area contributed by atoms with Gasteiger partial charge in [0, 0.05) is 10.2 Å². The third kappa shape index (κ3) is 3.38. The molecule has 1 aromatic carbocycles. The maximum absolute atomic E-state index is 13.0. The van der Waals surface area contributed by atoms with Gasteiger partial charge in [-0.1, -0.05) is 22.9 Å². The molecule has 0 unspecified atom stereocenters. The molecule has 27 heavy (non-hydrogen) atoms. The Balaban J connectivity index is 1.68. The molecule has 4 rings (SSSR count). The molecule has 0 radical (unpaired) electrons. The molecule has 0 aromatic heterocycles. The van der Waals surface area contributed by atoms with Crippen LogP contribution < -0.4 is 20.1 Å². The predicted octanol–water partition coefficient (Wildman–Crippen LogP) is 3.54. The first-order valence-electron chi connectivity index (χ1n) is 9.02. The van der Waals surface area contributed by atoms with Crippen molar-refractivity contribution >= 4 is 27.9 Å². The Labute approximate surface area is 165 Å². The lowest BCUT2D eigenvalue weighted by atomic mass is 9.95. The van der Waals surface area contributed by atoms with Crippen molar-refractivity contribution in [2.75, 3.05) is 6.79 Å². The van der Waals surface area contributed by atoms with Crippen LogP contribution in [0.3, 0.4) is 0 Å². The fourth-order valence-corrected chi connectivity index (χ4v) is 4.39. The Hall–Kier alpha value is -2.22. The molecule has 1 fully saturated rings. The summed E-state index contributed by atoms with van der Waals surface area (Å²) in [6, 6.07) is 2.55. The second-order valence-corrected chi connectivity index (χ2v) is 8.00. The molecule has 144 valence electrons. The van der Waals surface area contributed by atoms with E-state index in [1.54, 1.807) is 19.1 Å². The van der Waals surface area contributed by atoms with E-state index in [1.807, 2.05) is 0 Å². The minimum Gasteiger partial charge on any atom is -0.459 e. The highest BCUT2D eigenvalue weighted by Gasteiger charge is 2.36. The van der Waals surface area contributed by atoms with Crippen molar-refractivity contribution < 1.29 is 23.8 Å². The summed E-state index contributed by atoms with van der Waals surface area (Å²) >= 11 is 3.52. The summed E-state index contributed by atoms with van der Waals surface area (Å²) < 4.78 is 17.3. The molecule has 2 heterocycles.